The fourth-order valence-electron chi connectivity index (χ4n) is 2.51. The average molecular weight is 354 g/mol. The van der Waals surface area contributed by atoms with Gasteiger partial charge in [-0.25, -0.2) is 5.84 Å². The second kappa shape index (κ2) is 6.58. The Labute approximate surface area is 133 Å². The molecular formula is C15H20BrN3O2. The summed E-state index contributed by atoms with van der Waals surface area (Å²) in [7, 11) is 0. The highest BCUT2D eigenvalue weighted by atomic mass is 79.9. The lowest BCUT2D eigenvalue weighted by Gasteiger charge is -2.19. The molecule has 0 radical (unpaired) electrons. The van der Waals surface area contributed by atoms with Gasteiger partial charge >= 0.3 is 0 Å². The van der Waals surface area contributed by atoms with Crippen LogP contribution in [-0.2, 0) is 11.3 Å². The third-order valence-electron chi connectivity index (χ3n) is 3.99. The van der Waals surface area contributed by atoms with Crippen LogP contribution < -0.4 is 11.3 Å². The van der Waals surface area contributed by atoms with E-state index in [0.717, 1.165) is 16.6 Å². The normalized spacial score (nSPS) is 18.4. The molecule has 2 rings (SSSR count). The molecule has 6 heteroatoms. The van der Waals surface area contributed by atoms with Gasteiger partial charge in [-0.15, -0.1) is 0 Å². The van der Waals surface area contributed by atoms with Crippen molar-refractivity contribution >= 4 is 27.7 Å². The summed E-state index contributed by atoms with van der Waals surface area (Å²) in [5.41, 5.74) is 3.58. The van der Waals surface area contributed by atoms with Crippen LogP contribution in [0.3, 0.4) is 0 Å². The number of hydrogen-bond donors (Lipinski definition) is 2. The number of likely N-dealkylation sites (tertiary alicyclic amines) is 1. The van der Waals surface area contributed by atoms with Gasteiger partial charge in [-0.05, 0) is 29.5 Å². The van der Waals surface area contributed by atoms with E-state index in [-0.39, 0.29) is 11.8 Å². The second-order valence-corrected chi connectivity index (χ2v) is 6.62. The number of carbonyl (C=O) groups excluding carboxylic acids is 2. The molecule has 1 heterocycles. The summed E-state index contributed by atoms with van der Waals surface area (Å²) in [6.07, 6.45) is 0.628. The monoisotopic (exact) mass is 353 g/mol. The van der Waals surface area contributed by atoms with Crippen molar-refractivity contribution in [1.82, 2.24) is 10.3 Å². The van der Waals surface area contributed by atoms with Gasteiger partial charge in [0.15, 0.2) is 0 Å². The largest absolute Gasteiger partial charge is 0.338 e. The topological polar surface area (TPSA) is 75.4 Å². The Morgan fingerprint density at radius 2 is 2.24 bits per heavy atom. The Kier molecular flexibility index (Phi) is 5.00. The van der Waals surface area contributed by atoms with Crippen molar-refractivity contribution in [3.8, 4) is 0 Å². The third kappa shape index (κ3) is 3.63. The molecule has 0 saturated carbocycles. The van der Waals surface area contributed by atoms with Crippen LogP contribution >= 0.6 is 15.9 Å². The molecule has 2 amide bonds. The zero-order valence-electron chi connectivity index (χ0n) is 12.2. The van der Waals surface area contributed by atoms with Gasteiger partial charge in [0.05, 0.1) is 0 Å². The predicted molar refractivity (Wildman–Crippen MR) is 84.2 cm³/mol. The van der Waals surface area contributed by atoms with Crippen molar-refractivity contribution in [1.29, 1.82) is 0 Å². The quantitative estimate of drug-likeness (QED) is 0.494. The van der Waals surface area contributed by atoms with Gasteiger partial charge in [0.25, 0.3) is 5.91 Å². The van der Waals surface area contributed by atoms with Crippen molar-refractivity contribution in [2.75, 3.05) is 6.54 Å². The van der Waals surface area contributed by atoms with E-state index >= 15 is 0 Å². The van der Waals surface area contributed by atoms with Crippen LogP contribution in [0.5, 0.6) is 0 Å². The van der Waals surface area contributed by atoms with Gasteiger partial charge in [0, 0.05) is 29.5 Å². The SMILES string of the molecule is CC(C)C1CC(=O)N(Cc2ccc(C(=O)NN)cc2Br)C1. The Morgan fingerprint density at radius 1 is 1.52 bits per heavy atom. The summed E-state index contributed by atoms with van der Waals surface area (Å²) < 4.78 is 0.810. The first-order valence-corrected chi connectivity index (χ1v) is 7.78. The number of benzene rings is 1. The minimum Gasteiger partial charge on any atom is -0.338 e. The van der Waals surface area contributed by atoms with Crippen LogP contribution in [0.2, 0.25) is 0 Å². The molecule has 1 atom stereocenters. The Hall–Kier alpha value is -1.40. The van der Waals surface area contributed by atoms with E-state index in [0.29, 0.717) is 30.4 Å². The molecule has 1 aromatic carbocycles. The number of nitrogens with zero attached hydrogens (tertiary/aromatic N) is 1. The molecule has 0 aromatic heterocycles. The fraction of sp³-hybridized carbons (Fsp3) is 0.467. The Balaban J connectivity index is 2.10. The molecule has 1 aliphatic heterocycles. The number of carbonyl (C=O) groups is 2. The van der Waals surface area contributed by atoms with Crippen LogP contribution in [0, 0.1) is 11.8 Å². The molecule has 1 aliphatic rings. The molecule has 0 aliphatic carbocycles. The lowest BCUT2D eigenvalue weighted by molar-refractivity contribution is -0.128. The smallest absolute Gasteiger partial charge is 0.265 e. The average Bonchev–Trinajstić information content (AvgIpc) is 2.81. The van der Waals surface area contributed by atoms with E-state index in [1.165, 1.54) is 0 Å². The molecule has 21 heavy (non-hydrogen) atoms. The summed E-state index contributed by atoms with van der Waals surface area (Å²) in [6, 6.07) is 5.28. The van der Waals surface area contributed by atoms with E-state index in [1.807, 2.05) is 11.0 Å². The summed E-state index contributed by atoms with van der Waals surface area (Å²) in [4.78, 5) is 25.4. The van der Waals surface area contributed by atoms with Crippen molar-refractivity contribution in [3.05, 3.63) is 33.8 Å². The number of amides is 2. The van der Waals surface area contributed by atoms with Gasteiger partial charge < -0.3 is 4.90 Å². The van der Waals surface area contributed by atoms with E-state index in [1.54, 1.807) is 12.1 Å². The van der Waals surface area contributed by atoms with Gasteiger partial charge in [-0.3, -0.25) is 15.0 Å². The first-order valence-electron chi connectivity index (χ1n) is 6.99. The maximum Gasteiger partial charge on any atom is 0.265 e. The van der Waals surface area contributed by atoms with Gasteiger partial charge in [-0.2, -0.15) is 0 Å². The number of halogens is 1. The van der Waals surface area contributed by atoms with Crippen molar-refractivity contribution < 1.29 is 9.59 Å². The highest BCUT2D eigenvalue weighted by molar-refractivity contribution is 9.10. The molecular weight excluding hydrogens is 334 g/mol. The minimum atomic E-state index is -0.334. The predicted octanol–water partition coefficient (Wildman–Crippen LogP) is 2.06. The van der Waals surface area contributed by atoms with Crippen LogP contribution in [0.25, 0.3) is 0 Å². The lowest BCUT2D eigenvalue weighted by Crippen LogP contribution is -2.30. The molecule has 1 aromatic rings. The summed E-state index contributed by atoms with van der Waals surface area (Å²) >= 11 is 3.46. The number of nitrogen functional groups attached to an aromatic ring is 1. The number of nitrogens with two attached hydrogens (primary N) is 1. The summed E-state index contributed by atoms with van der Waals surface area (Å²) in [5.74, 6) is 5.92. The van der Waals surface area contributed by atoms with E-state index < -0.39 is 0 Å². The highest BCUT2D eigenvalue weighted by Crippen LogP contribution is 2.28. The van der Waals surface area contributed by atoms with Gasteiger partial charge in [-0.1, -0.05) is 35.8 Å². The van der Waals surface area contributed by atoms with Crippen molar-refractivity contribution in [2.24, 2.45) is 17.7 Å². The summed E-state index contributed by atoms with van der Waals surface area (Å²) in [5, 5.41) is 0. The molecule has 3 N–H and O–H groups in total. The molecule has 5 nitrogen and oxygen atoms in total. The lowest BCUT2D eigenvalue weighted by atomic mass is 9.95. The number of hydrazine groups is 1. The van der Waals surface area contributed by atoms with Crippen LogP contribution in [-0.4, -0.2) is 23.3 Å². The molecule has 1 unspecified atom stereocenters. The van der Waals surface area contributed by atoms with E-state index in [4.69, 9.17) is 5.84 Å². The minimum absolute atomic E-state index is 0.198. The number of hydrogen-bond acceptors (Lipinski definition) is 3. The first-order chi connectivity index (χ1) is 9.92. The van der Waals surface area contributed by atoms with Gasteiger partial charge in [0.1, 0.15) is 0 Å². The zero-order chi connectivity index (χ0) is 15.6. The summed E-state index contributed by atoms with van der Waals surface area (Å²) in [6.45, 7) is 5.66. The zero-order valence-corrected chi connectivity index (χ0v) is 13.8. The highest BCUT2D eigenvalue weighted by Gasteiger charge is 2.31. The molecule has 0 spiro atoms. The maximum absolute atomic E-state index is 12.1. The van der Waals surface area contributed by atoms with E-state index in [2.05, 4.69) is 35.2 Å². The van der Waals surface area contributed by atoms with E-state index in [9.17, 15) is 9.59 Å². The standard InChI is InChI=1S/C15H20BrN3O2/c1-9(2)12-6-14(20)19(8-12)7-11-4-3-10(5-13(11)16)15(21)18-17/h3-5,9,12H,6-8,17H2,1-2H3,(H,18,21). The molecule has 0 bridgehead atoms. The first kappa shape index (κ1) is 16.0. The molecule has 1 saturated heterocycles. The fourth-order valence-corrected chi connectivity index (χ4v) is 3.01. The van der Waals surface area contributed by atoms with Crippen molar-refractivity contribution in [2.45, 2.75) is 26.8 Å². The Morgan fingerprint density at radius 3 is 2.76 bits per heavy atom. The van der Waals surface area contributed by atoms with Crippen LogP contribution in [0.4, 0.5) is 0 Å². The van der Waals surface area contributed by atoms with Gasteiger partial charge in [0.2, 0.25) is 5.91 Å². The van der Waals surface area contributed by atoms with Crippen LogP contribution in [0.15, 0.2) is 22.7 Å². The second-order valence-electron chi connectivity index (χ2n) is 5.76. The third-order valence-corrected chi connectivity index (χ3v) is 4.73. The van der Waals surface area contributed by atoms with Crippen LogP contribution in [0.1, 0.15) is 36.2 Å². The van der Waals surface area contributed by atoms with Crippen molar-refractivity contribution in [3.63, 3.8) is 0 Å². The molecule has 114 valence electrons. The number of rotatable bonds is 4. The molecule has 1 fully saturated rings. The number of nitrogens with one attached hydrogen (secondary N) is 1. The maximum atomic E-state index is 12.1. The Bertz CT molecular complexity index is 560.